The van der Waals surface area contributed by atoms with Gasteiger partial charge in [-0.25, -0.2) is 0 Å². The van der Waals surface area contributed by atoms with E-state index in [2.05, 4.69) is 4.98 Å². The van der Waals surface area contributed by atoms with E-state index in [-0.39, 0.29) is 6.04 Å². The highest BCUT2D eigenvalue weighted by Crippen LogP contribution is 2.39. The summed E-state index contributed by atoms with van der Waals surface area (Å²) >= 11 is 0. The molecule has 1 aliphatic carbocycles. The summed E-state index contributed by atoms with van der Waals surface area (Å²) in [4.78, 5) is 3.76. The molecule has 1 aromatic rings. The van der Waals surface area contributed by atoms with Crippen LogP contribution in [0.4, 0.5) is 13.2 Å². The van der Waals surface area contributed by atoms with Crippen molar-refractivity contribution in [1.29, 1.82) is 0 Å². The number of hydrogen-bond donors (Lipinski definition) is 1. The van der Waals surface area contributed by atoms with Gasteiger partial charge in [0.25, 0.3) is 0 Å². The average Bonchev–Trinajstić information content (AvgIpc) is 2.99. The molecule has 2 nitrogen and oxygen atoms in total. The van der Waals surface area contributed by atoms with E-state index >= 15 is 0 Å². The van der Waals surface area contributed by atoms with E-state index in [9.17, 15) is 13.2 Å². The van der Waals surface area contributed by atoms with Gasteiger partial charge in [-0.05, 0) is 30.9 Å². The molecule has 1 fully saturated rings. The summed E-state index contributed by atoms with van der Waals surface area (Å²) in [5, 5.41) is 0. The largest absolute Gasteiger partial charge is 0.417 e. The molecule has 0 aliphatic heterocycles. The predicted octanol–water partition coefficient (Wildman–Crippen LogP) is 2.51. The van der Waals surface area contributed by atoms with E-state index in [0.29, 0.717) is 11.6 Å². The van der Waals surface area contributed by atoms with Crippen LogP contribution in [0.3, 0.4) is 0 Å². The zero-order valence-corrected chi connectivity index (χ0v) is 7.96. The molecule has 0 saturated heterocycles. The van der Waals surface area contributed by atoms with Gasteiger partial charge in [-0.3, -0.25) is 4.98 Å². The molecular formula is C10H11F3N2. The maximum Gasteiger partial charge on any atom is 0.417 e. The van der Waals surface area contributed by atoms with Crippen LogP contribution in [0.1, 0.15) is 30.1 Å². The summed E-state index contributed by atoms with van der Waals surface area (Å²) in [5.41, 5.74) is 5.63. The fourth-order valence-electron chi connectivity index (χ4n) is 1.47. The van der Waals surface area contributed by atoms with Crippen molar-refractivity contribution in [3.8, 4) is 0 Å². The third kappa shape index (κ3) is 2.28. The van der Waals surface area contributed by atoms with Crippen LogP contribution in [0, 0.1) is 5.92 Å². The first-order chi connectivity index (χ1) is 6.98. The molecule has 0 radical (unpaired) electrons. The fourth-order valence-corrected chi connectivity index (χ4v) is 1.47. The van der Waals surface area contributed by atoms with Crippen molar-refractivity contribution in [3.05, 3.63) is 29.6 Å². The lowest BCUT2D eigenvalue weighted by Crippen LogP contribution is -2.15. The zero-order chi connectivity index (χ0) is 11.1. The minimum absolute atomic E-state index is 0.215. The van der Waals surface area contributed by atoms with E-state index in [1.54, 1.807) is 0 Å². The maximum absolute atomic E-state index is 12.2. The molecule has 0 unspecified atom stereocenters. The number of nitrogens with two attached hydrogens (primary N) is 1. The van der Waals surface area contributed by atoms with Crippen LogP contribution in [-0.4, -0.2) is 4.98 Å². The topological polar surface area (TPSA) is 38.9 Å². The molecule has 15 heavy (non-hydrogen) atoms. The fraction of sp³-hybridized carbons (Fsp3) is 0.500. The van der Waals surface area contributed by atoms with E-state index in [0.717, 1.165) is 25.1 Å². The summed E-state index contributed by atoms with van der Waals surface area (Å²) in [6.07, 6.45) is -1.39. The molecule has 2 rings (SSSR count). The van der Waals surface area contributed by atoms with E-state index in [1.165, 1.54) is 6.07 Å². The Hall–Kier alpha value is -1.10. The number of halogens is 3. The maximum atomic E-state index is 12.2. The highest BCUT2D eigenvalue weighted by Gasteiger charge is 2.33. The molecule has 1 aromatic heterocycles. The Bertz CT molecular complexity index is 341. The summed E-state index contributed by atoms with van der Waals surface area (Å²) in [6, 6.07) is 2.18. The van der Waals surface area contributed by atoms with Crippen LogP contribution in [0.2, 0.25) is 0 Å². The number of aromatic nitrogens is 1. The molecule has 0 bridgehead atoms. The Morgan fingerprint density at radius 2 is 2.00 bits per heavy atom. The van der Waals surface area contributed by atoms with Gasteiger partial charge in [0.15, 0.2) is 0 Å². The van der Waals surface area contributed by atoms with Crippen LogP contribution in [-0.2, 0) is 6.18 Å². The van der Waals surface area contributed by atoms with Gasteiger partial charge < -0.3 is 5.73 Å². The Kier molecular flexibility index (Phi) is 2.42. The van der Waals surface area contributed by atoms with E-state index in [4.69, 9.17) is 5.73 Å². The van der Waals surface area contributed by atoms with Gasteiger partial charge >= 0.3 is 6.18 Å². The van der Waals surface area contributed by atoms with Crippen LogP contribution in [0.5, 0.6) is 0 Å². The van der Waals surface area contributed by atoms with Gasteiger partial charge in [0.05, 0.1) is 11.3 Å². The molecule has 0 aromatic carbocycles. The SMILES string of the molecule is N[C@@H](c1ccc(C(F)(F)F)cn1)C1CC1. The summed E-state index contributed by atoms with van der Waals surface area (Å²) in [5.74, 6) is 0.397. The molecule has 2 N–H and O–H groups in total. The van der Waals surface area contributed by atoms with E-state index < -0.39 is 11.7 Å². The van der Waals surface area contributed by atoms with Crippen LogP contribution in [0.15, 0.2) is 18.3 Å². The lowest BCUT2D eigenvalue weighted by atomic mass is 10.1. The van der Waals surface area contributed by atoms with Crippen LogP contribution in [0.25, 0.3) is 0 Å². The second-order valence-electron chi connectivity index (χ2n) is 3.83. The van der Waals surface area contributed by atoms with Crippen molar-refractivity contribution >= 4 is 0 Å². The number of pyridine rings is 1. The van der Waals surface area contributed by atoms with Gasteiger partial charge in [0.1, 0.15) is 0 Å². The third-order valence-corrected chi connectivity index (χ3v) is 2.59. The minimum Gasteiger partial charge on any atom is -0.322 e. The second kappa shape index (κ2) is 3.48. The standard InChI is InChI=1S/C10H11F3N2/c11-10(12,13)7-3-4-8(15-5-7)9(14)6-1-2-6/h3-6,9H,1-2,14H2/t9-/m1/s1. The highest BCUT2D eigenvalue weighted by atomic mass is 19.4. The van der Waals surface area contributed by atoms with Crippen molar-refractivity contribution in [3.63, 3.8) is 0 Å². The van der Waals surface area contributed by atoms with Gasteiger partial charge in [0, 0.05) is 12.2 Å². The monoisotopic (exact) mass is 216 g/mol. The van der Waals surface area contributed by atoms with Crippen molar-refractivity contribution in [1.82, 2.24) is 4.98 Å². The van der Waals surface area contributed by atoms with Gasteiger partial charge in [-0.2, -0.15) is 13.2 Å². The molecule has 1 aliphatic rings. The molecule has 0 amide bonds. The lowest BCUT2D eigenvalue weighted by molar-refractivity contribution is -0.137. The summed E-state index contributed by atoms with van der Waals surface area (Å²) in [7, 11) is 0. The van der Waals surface area contributed by atoms with Crippen molar-refractivity contribution in [2.45, 2.75) is 25.1 Å². The normalized spacial score (nSPS) is 18.9. The molecule has 82 valence electrons. The predicted molar refractivity (Wildman–Crippen MR) is 48.9 cm³/mol. The van der Waals surface area contributed by atoms with Crippen LogP contribution < -0.4 is 5.73 Å². The minimum atomic E-state index is -4.32. The molecule has 0 spiro atoms. The summed E-state index contributed by atoms with van der Waals surface area (Å²) < 4.78 is 36.7. The Morgan fingerprint density at radius 1 is 1.33 bits per heavy atom. The molecular weight excluding hydrogens is 205 g/mol. The smallest absolute Gasteiger partial charge is 0.322 e. The van der Waals surface area contributed by atoms with Crippen molar-refractivity contribution in [2.75, 3.05) is 0 Å². The average molecular weight is 216 g/mol. The number of alkyl halides is 3. The first-order valence-corrected chi connectivity index (χ1v) is 4.77. The Morgan fingerprint density at radius 3 is 2.40 bits per heavy atom. The molecule has 1 heterocycles. The van der Waals surface area contributed by atoms with Gasteiger partial charge in [0.2, 0.25) is 0 Å². The Balaban J connectivity index is 2.16. The van der Waals surface area contributed by atoms with Crippen LogP contribution >= 0.6 is 0 Å². The van der Waals surface area contributed by atoms with Gasteiger partial charge in [-0.15, -0.1) is 0 Å². The first kappa shape index (κ1) is 10.4. The highest BCUT2D eigenvalue weighted by molar-refractivity contribution is 5.19. The molecule has 1 saturated carbocycles. The van der Waals surface area contributed by atoms with Crippen molar-refractivity contribution < 1.29 is 13.2 Å². The first-order valence-electron chi connectivity index (χ1n) is 4.77. The quantitative estimate of drug-likeness (QED) is 0.824. The third-order valence-electron chi connectivity index (χ3n) is 2.59. The van der Waals surface area contributed by atoms with Gasteiger partial charge in [-0.1, -0.05) is 0 Å². The zero-order valence-electron chi connectivity index (χ0n) is 7.96. The second-order valence-corrected chi connectivity index (χ2v) is 3.83. The number of hydrogen-bond acceptors (Lipinski definition) is 2. The number of nitrogens with zero attached hydrogens (tertiary/aromatic N) is 1. The van der Waals surface area contributed by atoms with Crippen molar-refractivity contribution in [2.24, 2.45) is 11.7 Å². The number of rotatable bonds is 2. The lowest BCUT2D eigenvalue weighted by Gasteiger charge is -2.11. The Labute approximate surface area is 85.3 Å². The van der Waals surface area contributed by atoms with E-state index in [1.807, 2.05) is 0 Å². The molecule has 1 atom stereocenters. The molecule has 5 heteroatoms. The summed E-state index contributed by atoms with van der Waals surface area (Å²) in [6.45, 7) is 0.